The molecule has 0 N–H and O–H groups in total. The number of rotatable bonds is 5. The zero-order valence-corrected chi connectivity index (χ0v) is 18.1. The van der Waals surface area contributed by atoms with E-state index in [2.05, 4.69) is 45.9 Å². The fraction of sp³-hybridized carbons (Fsp3) is 0.500. The SMILES string of the molecule is CCn1nc(SCC(C)C)n2c(=O)c3c(nc12)-c1ccccc1C[C@@]3(C)CC. The van der Waals surface area contributed by atoms with Crippen molar-refractivity contribution in [1.82, 2.24) is 19.2 Å². The summed E-state index contributed by atoms with van der Waals surface area (Å²) in [6.07, 6.45) is 1.76. The average Bonchev–Trinajstić information content (AvgIpc) is 3.04. The lowest BCUT2D eigenvalue weighted by atomic mass is 9.69. The largest absolute Gasteiger partial charge is 0.268 e. The van der Waals surface area contributed by atoms with Gasteiger partial charge in [0.15, 0.2) is 5.16 Å². The number of aryl methyl sites for hydroxylation is 1. The van der Waals surface area contributed by atoms with Crippen LogP contribution in [0.1, 0.15) is 52.2 Å². The molecule has 0 radical (unpaired) electrons. The van der Waals surface area contributed by atoms with Crippen molar-refractivity contribution in [1.29, 1.82) is 0 Å². The van der Waals surface area contributed by atoms with Gasteiger partial charge in [0.05, 0.1) is 11.3 Å². The van der Waals surface area contributed by atoms with Gasteiger partial charge in [0.2, 0.25) is 5.78 Å². The minimum atomic E-state index is -0.219. The van der Waals surface area contributed by atoms with Gasteiger partial charge in [0.1, 0.15) is 0 Å². The third kappa shape index (κ3) is 2.89. The van der Waals surface area contributed by atoms with Crippen molar-refractivity contribution >= 4 is 17.5 Å². The Bertz CT molecular complexity index is 1100. The second kappa shape index (κ2) is 7.07. The van der Waals surface area contributed by atoms with Crippen molar-refractivity contribution in [3.8, 4) is 11.3 Å². The van der Waals surface area contributed by atoms with Crippen LogP contribution in [-0.4, -0.2) is 24.9 Å². The van der Waals surface area contributed by atoms with Gasteiger partial charge in [-0.3, -0.25) is 4.79 Å². The first-order valence-electron chi connectivity index (χ1n) is 10.1. The van der Waals surface area contributed by atoms with Gasteiger partial charge < -0.3 is 0 Å². The summed E-state index contributed by atoms with van der Waals surface area (Å²) >= 11 is 1.64. The highest BCUT2D eigenvalue weighted by Crippen LogP contribution is 2.42. The van der Waals surface area contributed by atoms with E-state index in [1.807, 2.05) is 17.7 Å². The molecule has 28 heavy (non-hydrogen) atoms. The van der Waals surface area contributed by atoms with Crippen LogP contribution in [0.4, 0.5) is 0 Å². The molecule has 0 saturated carbocycles. The van der Waals surface area contributed by atoms with Crippen LogP contribution in [0.2, 0.25) is 0 Å². The normalized spacial score (nSPS) is 18.5. The summed E-state index contributed by atoms with van der Waals surface area (Å²) in [7, 11) is 0. The quantitative estimate of drug-likeness (QED) is 0.594. The Morgan fingerprint density at radius 1 is 1.25 bits per heavy atom. The smallest absolute Gasteiger partial charge is 0.265 e. The van der Waals surface area contributed by atoms with Crippen molar-refractivity contribution in [2.24, 2.45) is 5.92 Å². The van der Waals surface area contributed by atoms with Crippen LogP contribution in [-0.2, 0) is 18.4 Å². The molecular formula is C22H28N4OS. The minimum absolute atomic E-state index is 0.0461. The third-order valence-electron chi connectivity index (χ3n) is 5.78. The topological polar surface area (TPSA) is 52.2 Å². The van der Waals surface area contributed by atoms with Crippen LogP contribution in [0.25, 0.3) is 17.0 Å². The summed E-state index contributed by atoms with van der Waals surface area (Å²) in [6, 6.07) is 8.36. The first-order chi connectivity index (χ1) is 13.4. The van der Waals surface area contributed by atoms with Crippen molar-refractivity contribution in [2.45, 2.75) is 64.6 Å². The van der Waals surface area contributed by atoms with E-state index in [1.165, 1.54) is 5.56 Å². The molecular weight excluding hydrogens is 368 g/mol. The van der Waals surface area contributed by atoms with Crippen molar-refractivity contribution < 1.29 is 0 Å². The van der Waals surface area contributed by atoms with Crippen LogP contribution in [0.5, 0.6) is 0 Å². The number of aromatic nitrogens is 4. The van der Waals surface area contributed by atoms with Gasteiger partial charge in [0.25, 0.3) is 5.56 Å². The summed E-state index contributed by atoms with van der Waals surface area (Å²) in [5.74, 6) is 2.10. The molecule has 0 aliphatic heterocycles. The van der Waals surface area contributed by atoms with Crippen molar-refractivity contribution in [3.05, 3.63) is 45.7 Å². The van der Waals surface area contributed by atoms with Crippen LogP contribution < -0.4 is 5.56 Å². The van der Waals surface area contributed by atoms with Gasteiger partial charge in [0, 0.05) is 23.3 Å². The number of fused-ring (bicyclic) bond motifs is 4. The zero-order valence-electron chi connectivity index (χ0n) is 17.3. The van der Waals surface area contributed by atoms with E-state index in [4.69, 9.17) is 10.1 Å². The van der Waals surface area contributed by atoms with E-state index in [0.717, 1.165) is 40.6 Å². The molecule has 6 heteroatoms. The van der Waals surface area contributed by atoms with Crippen molar-refractivity contribution in [2.75, 3.05) is 5.75 Å². The number of hydrogen-bond donors (Lipinski definition) is 0. The zero-order chi connectivity index (χ0) is 20.1. The summed E-state index contributed by atoms with van der Waals surface area (Å²) in [5.41, 5.74) is 3.86. The van der Waals surface area contributed by atoms with E-state index >= 15 is 0 Å². The molecule has 1 aliphatic rings. The second-order valence-electron chi connectivity index (χ2n) is 8.33. The molecule has 1 aromatic carbocycles. The van der Waals surface area contributed by atoms with E-state index in [0.29, 0.717) is 18.2 Å². The van der Waals surface area contributed by atoms with Crippen LogP contribution in [0, 0.1) is 5.92 Å². The maximum atomic E-state index is 13.8. The minimum Gasteiger partial charge on any atom is -0.268 e. The first kappa shape index (κ1) is 19.2. The lowest BCUT2D eigenvalue weighted by Gasteiger charge is -2.35. The predicted octanol–water partition coefficient (Wildman–Crippen LogP) is 4.55. The Kier molecular flexibility index (Phi) is 4.86. The maximum Gasteiger partial charge on any atom is 0.265 e. The number of hydrogen-bond acceptors (Lipinski definition) is 4. The van der Waals surface area contributed by atoms with E-state index in [1.54, 1.807) is 16.2 Å². The maximum absolute atomic E-state index is 13.8. The molecule has 148 valence electrons. The van der Waals surface area contributed by atoms with Gasteiger partial charge in [-0.1, -0.05) is 63.7 Å². The molecule has 4 rings (SSSR count). The predicted molar refractivity (Wildman–Crippen MR) is 115 cm³/mol. The Morgan fingerprint density at radius 3 is 2.68 bits per heavy atom. The van der Waals surface area contributed by atoms with E-state index in [-0.39, 0.29) is 11.0 Å². The van der Waals surface area contributed by atoms with E-state index < -0.39 is 0 Å². The Hall–Kier alpha value is -2.08. The molecule has 0 saturated heterocycles. The Morgan fingerprint density at radius 2 is 2.00 bits per heavy atom. The molecule has 5 nitrogen and oxygen atoms in total. The number of thioether (sulfide) groups is 1. The molecule has 0 amide bonds. The Balaban J connectivity index is 2.06. The van der Waals surface area contributed by atoms with Gasteiger partial charge in [-0.15, -0.1) is 5.10 Å². The summed E-state index contributed by atoms with van der Waals surface area (Å²) in [6.45, 7) is 11.4. The fourth-order valence-electron chi connectivity index (χ4n) is 4.05. The standard InChI is InChI=1S/C22H28N4OS/c1-6-22(5)12-15-10-8-9-11-16(15)18-17(22)19(27)26-20(23-18)25(7-2)24-21(26)28-13-14(3)4/h8-11,14H,6-7,12-13H2,1-5H3/t22-/m1/s1. The molecule has 1 aliphatic carbocycles. The molecule has 0 fully saturated rings. The number of nitrogens with zero attached hydrogens (tertiary/aromatic N) is 4. The van der Waals surface area contributed by atoms with E-state index in [9.17, 15) is 4.79 Å². The van der Waals surface area contributed by atoms with Crippen LogP contribution >= 0.6 is 11.8 Å². The summed E-state index contributed by atoms with van der Waals surface area (Å²) in [5, 5.41) is 5.47. The van der Waals surface area contributed by atoms with Crippen LogP contribution in [0.15, 0.2) is 34.2 Å². The van der Waals surface area contributed by atoms with Gasteiger partial charge >= 0.3 is 0 Å². The fourth-order valence-corrected chi connectivity index (χ4v) is 4.98. The monoisotopic (exact) mass is 396 g/mol. The van der Waals surface area contributed by atoms with Crippen molar-refractivity contribution in [3.63, 3.8) is 0 Å². The molecule has 0 spiro atoms. The van der Waals surface area contributed by atoms with Gasteiger partial charge in [-0.25, -0.2) is 14.1 Å². The summed E-state index contributed by atoms with van der Waals surface area (Å²) < 4.78 is 3.60. The van der Waals surface area contributed by atoms with Gasteiger partial charge in [-0.2, -0.15) is 0 Å². The molecule has 3 aromatic rings. The Labute approximate surface area is 170 Å². The third-order valence-corrected chi connectivity index (χ3v) is 7.13. The molecule has 1 atom stereocenters. The lowest BCUT2D eigenvalue weighted by Crippen LogP contribution is -2.37. The molecule has 2 aromatic heterocycles. The second-order valence-corrected chi connectivity index (χ2v) is 9.31. The first-order valence-corrected chi connectivity index (χ1v) is 11.1. The van der Waals surface area contributed by atoms with Crippen LogP contribution in [0.3, 0.4) is 0 Å². The highest BCUT2D eigenvalue weighted by atomic mass is 32.2. The highest BCUT2D eigenvalue weighted by molar-refractivity contribution is 7.99. The molecule has 0 bridgehead atoms. The molecule has 2 heterocycles. The molecule has 0 unspecified atom stereocenters. The summed E-state index contributed by atoms with van der Waals surface area (Å²) in [4.78, 5) is 18.8. The lowest BCUT2D eigenvalue weighted by molar-refractivity contribution is 0.439. The van der Waals surface area contributed by atoms with Gasteiger partial charge in [-0.05, 0) is 31.2 Å². The number of benzene rings is 1. The average molecular weight is 397 g/mol. The highest BCUT2D eigenvalue weighted by Gasteiger charge is 2.38.